The Morgan fingerprint density at radius 2 is 1.97 bits per heavy atom. The minimum absolute atomic E-state index is 0.104. The van der Waals surface area contributed by atoms with Crippen molar-refractivity contribution in [2.24, 2.45) is 10.1 Å². The number of hydrogen-bond acceptors (Lipinski definition) is 4. The van der Waals surface area contributed by atoms with Crippen LogP contribution in [0.5, 0.6) is 0 Å². The van der Waals surface area contributed by atoms with Gasteiger partial charge in [-0.15, -0.1) is 6.58 Å². The summed E-state index contributed by atoms with van der Waals surface area (Å²) in [6.45, 7) is 3.89. The molecule has 0 spiro atoms. The first kappa shape index (κ1) is 21.0. The second-order valence-electron chi connectivity index (χ2n) is 5.95. The highest BCUT2D eigenvalue weighted by molar-refractivity contribution is 7.89. The van der Waals surface area contributed by atoms with Crippen LogP contribution >= 0.6 is 11.3 Å². The van der Waals surface area contributed by atoms with Crippen molar-refractivity contribution in [1.82, 2.24) is 4.57 Å². The third-order valence-corrected chi connectivity index (χ3v) is 5.88. The van der Waals surface area contributed by atoms with E-state index >= 15 is 0 Å². The molecule has 29 heavy (non-hydrogen) atoms. The van der Waals surface area contributed by atoms with Crippen LogP contribution in [0.2, 0.25) is 0 Å². The smallest absolute Gasteiger partial charge is 0.312 e. The van der Waals surface area contributed by atoms with E-state index in [1.165, 1.54) is 24.3 Å². The van der Waals surface area contributed by atoms with Crippen molar-refractivity contribution in [3.8, 4) is 0 Å². The molecule has 0 fully saturated rings. The number of carbonyl (C=O) groups is 1. The monoisotopic (exact) mass is 441 g/mol. The lowest BCUT2D eigenvalue weighted by molar-refractivity contribution is -0.137. The second-order valence-corrected chi connectivity index (χ2v) is 8.52. The summed E-state index contributed by atoms with van der Waals surface area (Å²) < 4.78 is 63.9. The van der Waals surface area contributed by atoms with Gasteiger partial charge in [0.1, 0.15) is 0 Å². The van der Waals surface area contributed by atoms with Gasteiger partial charge in [-0.1, -0.05) is 23.5 Å². The average molecular weight is 441 g/mol. The van der Waals surface area contributed by atoms with Gasteiger partial charge in [0, 0.05) is 12.1 Å². The molecule has 3 aromatic rings. The molecule has 2 aromatic carbocycles. The zero-order valence-electron chi connectivity index (χ0n) is 14.7. The van der Waals surface area contributed by atoms with Crippen LogP contribution in [0.15, 0.2) is 65.0 Å². The normalized spacial score (nSPS) is 13.0. The summed E-state index contributed by atoms with van der Waals surface area (Å²) in [7, 11) is -3.92. The van der Waals surface area contributed by atoms with Gasteiger partial charge in [-0.3, -0.25) is 4.79 Å². The highest BCUT2D eigenvalue weighted by atomic mass is 32.2. The van der Waals surface area contributed by atoms with Crippen LogP contribution in [0.1, 0.15) is 15.9 Å². The Morgan fingerprint density at radius 1 is 1.24 bits per heavy atom. The van der Waals surface area contributed by atoms with Gasteiger partial charge in [0.25, 0.3) is 5.91 Å². The van der Waals surface area contributed by atoms with Gasteiger partial charge in [-0.25, -0.2) is 13.6 Å². The summed E-state index contributed by atoms with van der Waals surface area (Å²) in [6.07, 6.45) is -3.03. The summed E-state index contributed by atoms with van der Waals surface area (Å²) in [5.41, 5.74) is -0.586. The van der Waals surface area contributed by atoms with Crippen molar-refractivity contribution in [2.45, 2.75) is 17.6 Å². The maximum Gasteiger partial charge on any atom is 0.416 e. The minimum atomic E-state index is -4.58. The molecule has 0 bridgehead atoms. The van der Waals surface area contributed by atoms with E-state index in [1.54, 1.807) is 10.6 Å². The van der Waals surface area contributed by atoms with E-state index < -0.39 is 27.7 Å². The first-order valence-corrected chi connectivity index (χ1v) is 10.4. The van der Waals surface area contributed by atoms with E-state index in [-0.39, 0.29) is 21.8 Å². The average Bonchev–Trinajstić information content (AvgIpc) is 2.97. The number of amides is 1. The zero-order valence-corrected chi connectivity index (χ0v) is 16.3. The van der Waals surface area contributed by atoms with Crippen molar-refractivity contribution in [3.63, 3.8) is 0 Å². The molecule has 0 aliphatic heterocycles. The maximum atomic E-state index is 12.9. The van der Waals surface area contributed by atoms with Crippen LogP contribution in [0, 0.1) is 0 Å². The van der Waals surface area contributed by atoms with E-state index in [2.05, 4.69) is 11.6 Å². The topological polar surface area (TPSA) is 94.5 Å². The molecule has 0 saturated carbocycles. The molecule has 0 radical (unpaired) electrons. The van der Waals surface area contributed by atoms with Crippen molar-refractivity contribution >= 4 is 37.5 Å². The number of primary sulfonamides is 1. The van der Waals surface area contributed by atoms with Crippen LogP contribution in [0.4, 0.5) is 13.2 Å². The Hall–Kier alpha value is -2.76. The second kappa shape index (κ2) is 7.58. The fourth-order valence-electron chi connectivity index (χ4n) is 2.60. The third-order valence-electron chi connectivity index (χ3n) is 3.93. The fourth-order valence-corrected chi connectivity index (χ4v) is 4.29. The lowest BCUT2D eigenvalue weighted by Gasteiger charge is -2.06. The highest BCUT2D eigenvalue weighted by Gasteiger charge is 2.30. The van der Waals surface area contributed by atoms with Gasteiger partial charge in [0.15, 0.2) is 4.80 Å². The zero-order chi connectivity index (χ0) is 21.4. The number of benzene rings is 2. The summed E-state index contributed by atoms with van der Waals surface area (Å²) in [4.78, 5) is 16.5. The number of rotatable bonds is 4. The first-order chi connectivity index (χ1) is 13.5. The van der Waals surface area contributed by atoms with Crippen LogP contribution in [-0.2, 0) is 22.7 Å². The first-order valence-electron chi connectivity index (χ1n) is 8.04. The Balaban J connectivity index is 2.15. The number of alkyl halides is 3. The van der Waals surface area contributed by atoms with Gasteiger partial charge < -0.3 is 4.57 Å². The Labute approximate surface area is 167 Å². The summed E-state index contributed by atoms with van der Waals surface area (Å²) in [5, 5.41) is 5.14. The summed E-state index contributed by atoms with van der Waals surface area (Å²) >= 11 is 1.01. The molecule has 2 N–H and O–H groups in total. The number of sulfonamides is 1. The maximum absolute atomic E-state index is 12.9. The number of halogens is 3. The van der Waals surface area contributed by atoms with E-state index in [1.807, 2.05) is 0 Å². The predicted molar refractivity (Wildman–Crippen MR) is 103 cm³/mol. The number of fused-ring (bicyclic) bond motifs is 1. The van der Waals surface area contributed by atoms with Crippen molar-refractivity contribution in [1.29, 1.82) is 0 Å². The highest BCUT2D eigenvalue weighted by Crippen LogP contribution is 2.29. The number of nitrogens with zero attached hydrogens (tertiary/aromatic N) is 2. The Morgan fingerprint density at radius 3 is 2.59 bits per heavy atom. The molecule has 0 saturated heterocycles. The van der Waals surface area contributed by atoms with Crippen molar-refractivity contribution in [3.05, 3.63) is 71.0 Å². The molecular weight excluding hydrogens is 427 g/mol. The van der Waals surface area contributed by atoms with Crippen LogP contribution < -0.4 is 9.94 Å². The third kappa shape index (κ3) is 4.47. The number of thiazole rings is 1. The quantitative estimate of drug-likeness (QED) is 0.630. The van der Waals surface area contributed by atoms with Crippen molar-refractivity contribution in [2.75, 3.05) is 0 Å². The standard InChI is InChI=1S/C18H14F3N3O3S2/c1-2-8-24-14-7-6-13(29(22,26)27)10-15(14)28-17(24)23-16(25)11-4-3-5-12(9-11)18(19,20)21/h2-7,9-10H,1,8H2,(H2,22,26,27). The molecule has 11 heteroatoms. The molecule has 1 heterocycles. The lowest BCUT2D eigenvalue weighted by Crippen LogP contribution is -2.16. The Bertz CT molecular complexity index is 1290. The predicted octanol–water partition coefficient (Wildman–Crippen LogP) is 3.30. The Kier molecular flexibility index (Phi) is 5.48. The molecular formula is C18H14F3N3O3S2. The number of carbonyl (C=O) groups excluding carboxylic acids is 1. The number of hydrogen-bond donors (Lipinski definition) is 1. The SMILES string of the molecule is C=CCn1c(=NC(=O)c2cccc(C(F)(F)F)c2)sc2cc(S(N)(=O)=O)ccc21. The molecule has 0 aliphatic carbocycles. The summed E-state index contributed by atoms with van der Waals surface area (Å²) in [5.74, 6) is -0.855. The number of aromatic nitrogens is 1. The molecule has 0 unspecified atom stereocenters. The van der Waals surface area contributed by atoms with Crippen LogP contribution in [0.3, 0.4) is 0 Å². The van der Waals surface area contributed by atoms with E-state index in [4.69, 9.17) is 5.14 Å². The molecule has 152 valence electrons. The van der Waals surface area contributed by atoms with Gasteiger partial charge in [0.2, 0.25) is 10.0 Å². The van der Waals surface area contributed by atoms with E-state index in [0.717, 1.165) is 29.5 Å². The van der Waals surface area contributed by atoms with Crippen LogP contribution in [0.25, 0.3) is 10.2 Å². The summed E-state index contributed by atoms with van der Waals surface area (Å²) in [6, 6.07) is 8.16. The molecule has 6 nitrogen and oxygen atoms in total. The van der Waals surface area contributed by atoms with Gasteiger partial charge in [-0.2, -0.15) is 18.2 Å². The fraction of sp³-hybridized carbons (Fsp3) is 0.111. The van der Waals surface area contributed by atoms with Crippen LogP contribution in [-0.4, -0.2) is 18.9 Å². The molecule has 0 atom stereocenters. The molecule has 3 rings (SSSR count). The largest absolute Gasteiger partial charge is 0.416 e. The number of allylic oxidation sites excluding steroid dienone is 1. The van der Waals surface area contributed by atoms with Crippen molar-refractivity contribution < 1.29 is 26.4 Å². The van der Waals surface area contributed by atoms with Gasteiger partial charge in [0.05, 0.1) is 20.7 Å². The molecule has 0 aliphatic rings. The van der Waals surface area contributed by atoms with Gasteiger partial charge in [-0.05, 0) is 36.4 Å². The van der Waals surface area contributed by atoms with E-state index in [0.29, 0.717) is 10.2 Å². The minimum Gasteiger partial charge on any atom is -0.312 e. The number of nitrogens with two attached hydrogens (primary N) is 1. The van der Waals surface area contributed by atoms with E-state index in [9.17, 15) is 26.4 Å². The van der Waals surface area contributed by atoms with Gasteiger partial charge >= 0.3 is 6.18 Å². The molecule has 1 aromatic heterocycles. The lowest BCUT2D eigenvalue weighted by atomic mass is 10.1. The molecule has 1 amide bonds.